The quantitative estimate of drug-likeness (QED) is 0.758. The molecule has 0 heterocycles. The van der Waals surface area contributed by atoms with Crippen LogP contribution in [0.15, 0.2) is 60.7 Å². The van der Waals surface area contributed by atoms with Gasteiger partial charge in [-0.05, 0) is 17.7 Å². The average molecular weight is 284 g/mol. The zero-order chi connectivity index (χ0) is 15.1. The van der Waals surface area contributed by atoms with Crippen LogP contribution < -0.4 is 10.6 Å². The van der Waals surface area contributed by atoms with Crippen LogP contribution in [0.5, 0.6) is 0 Å². The third kappa shape index (κ3) is 4.35. The van der Waals surface area contributed by atoms with Gasteiger partial charge in [-0.25, -0.2) is 4.79 Å². The van der Waals surface area contributed by atoms with Crippen LogP contribution in [0.3, 0.4) is 0 Å². The second kappa shape index (κ2) is 7.09. The third-order valence-electron chi connectivity index (χ3n) is 2.91. The predicted molar refractivity (Wildman–Crippen MR) is 79.9 cm³/mol. The van der Waals surface area contributed by atoms with Gasteiger partial charge in [-0.15, -0.1) is 0 Å². The highest BCUT2D eigenvalue weighted by atomic mass is 16.4. The first-order chi connectivity index (χ1) is 10.2. The van der Waals surface area contributed by atoms with E-state index in [-0.39, 0.29) is 12.5 Å². The first-order valence-corrected chi connectivity index (χ1v) is 6.53. The summed E-state index contributed by atoms with van der Waals surface area (Å²) in [5.74, 6) is -1.47. The molecule has 0 radical (unpaired) electrons. The van der Waals surface area contributed by atoms with Crippen LogP contribution >= 0.6 is 0 Å². The maximum Gasteiger partial charge on any atom is 0.330 e. The lowest BCUT2D eigenvalue weighted by Crippen LogP contribution is -2.37. The van der Waals surface area contributed by atoms with Crippen molar-refractivity contribution in [2.45, 2.75) is 6.04 Å². The van der Waals surface area contributed by atoms with Crippen LogP contribution in [0.25, 0.3) is 0 Å². The summed E-state index contributed by atoms with van der Waals surface area (Å²) in [6, 6.07) is 16.8. The van der Waals surface area contributed by atoms with E-state index in [9.17, 15) is 14.7 Å². The minimum absolute atomic E-state index is 0.0145. The molecule has 0 fully saturated rings. The maximum atomic E-state index is 11.9. The van der Waals surface area contributed by atoms with Gasteiger partial charge in [0.05, 0.1) is 6.54 Å². The van der Waals surface area contributed by atoms with Crippen LogP contribution in [0, 0.1) is 0 Å². The number of amides is 1. The fourth-order valence-electron chi connectivity index (χ4n) is 1.88. The number of carbonyl (C=O) groups excluding carboxylic acids is 1. The molecule has 0 unspecified atom stereocenters. The van der Waals surface area contributed by atoms with E-state index in [4.69, 9.17) is 0 Å². The van der Waals surface area contributed by atoms with Gasteiger partial charge in [-0.1, -0.05) is 48.5 Å². The summed E-state index contributed by atoms with van der Waals surface area (Å²) >= 11 is 0. The summed E-state index contributed by atoms with van der Waals surface area (Å²) in [5.41, 5.74) is 1.34. The van der Waals surface area contributed by atoms with E-state index in [1.54, 1.807) is 30.3 Å². The smallest absolute Gasteiger partial charge is 0.330 e. The molecule has 21 heavy (non-hydrogen) atoms. The molecule has 0 aromatic heterocycles. The van der Waals surface area contributed by atoms with Crippen molar-refractivity contribution in [1.29, 1.82) is 0 Å². The van der Waals surface area contributed by atoms with Gasteiger partial charge >= 0.3 is 5.97 Å². The topological polar surface area (TPSA) is 78.4 Å². The van der Waals surface area contributed by atoms with Crippen molar-refractivity contribution >= 4 is 17.6 Å². The number of hydrogen-bond acceptors (Lipinski definition) is 3. The molecule has 2 aromatic carbocycles. The van der Waals surface area contributed by atoms with Crippen LogP contribution in [0.2, 0.25) is 0 Å². The Morgan fingerprint density at radius 2 is 1.52 bits per heavy atom. The van der Waals surface area contributed by atoms with Gasteiger partial charge in [-0.2, -0.15) is 0 Å². The second-order valence-corrected chi connectivity index (χ2v) is 4.47. The highest BCUT2D eigenvalue weighted by Gasteiger charge is 2.21. The summed E-state index contributed by atoms with van der Waals surface area (Å²) in [7, 11) is 0. The molecular weight excluding hydrogens is 268 g/mol. The largest absolute Gasteiger partial charge is 0.479 e. The van der Waals surface area contributed by atoms with Gasteiger partial charge in [0.25, 0.3) is 0 Å². The summed E-state index contributed by atoms with van der Waals surface area (Å²) in [6.45, 7) is 0.0145. The summed E-state index contributed by atoms with van der Waals surface area (Å²) in [6.07, 6.45) is 0. The molecule has 5 nitrogen and oxygen atoms in total. The summed E-state index contributed by atoms with van der Waals surface area (Å²) in [4.78, 5) is 23.1. The molecule has 0 saturated heterocycles. The lowest BCUT2D eigenvalue weighted by molar-refractivity contribution is -0.141. The monoisotopic (exact) mass is 284 g/mol. The number of benzene rings is 2. The van der Waals surface area contributed by atoms with E-state index in [1.165, 1.54) is 0 Å². The molecule has 0 aliphatic carbocycles. The van der Waals surface area contributed by atoms with Crippen LogP contribution in [-0.2, 0) is 9.59 Å². The minimum Gasteiger partial charge on any atom is -0.479 e. The highest BCUT2D eigenvalue weighted by Crippen LogP contribution is 2.12. The molecule has 0 aliphatic rings. The number of carboxylic acids is 1. The molecular formula is C16H16N2O3. The number of para-hydroxylation sites is 1. The molecule has 0 aliphatic heterocycles. The van der Waals surface area contributed by atoms with Gasteiger partial charge in [0.15, 0.2) is 6.04 Å². The molecule has 0 saturated carbocycles. The molecule has 5 heteroatoms. The zero-order valence-electron chi connectivity index (χ0n) is 11.3. The van der Waals surface area contributed by atoms with Gasteiger partial charge in [0.1, 0.15) is 0 Å². The van der Waals surface area contributed by atoms with Crippen LogP contribution in [0.4, 0.5) is 5.69 Å². The van der Waals surface area contributed by atoms with Crippen LogP contribution in [-0.4, -0.2) is 23.5 Å². The Hall–Kier alpha value is -2.82. The van der Waals surface area contributed by atoms with Gasteiger partial charge < -0.3 is 15.7 Å². The van der Waals surface area contributed by atoms with E-state index in [1.807, 2.05) is 30.3 Å². The number of anilines is 1. The molecule has 0 spiro atoms. The number of nitrogens with one attached hydrogen (secondary N) is 2. The van der Waals surface area contributed by atoms with Crippen molar-refractivity contribution < 1.29 is 14.7 Å². The maximum absolute atomic E-state index is 11.9. The first kappa shape index (κ1) is 14.6. The lowest BCUT2D eigenvalue weighted by Gasteiger charge is -2.15. The number of carbonyl (C=O) groups is 2. The Balaban J connectivity index is 1.95. The van der Waals surface area contributed by atoms with Gasteiger partial charge in [-0.3, -0.25) is 4.79 Å². The van der Waals surface area contributed by atoms with Crippen molar-refractivity contribution in [3.05, 3.63) is 66.2 Å². The Morgan fingerprint density at radius 3 is 2.10 bits per heavy atom. The molecule has 2 rings (SSSR count). The van der Waals surface area contributed by atoms with E-state index in [2.05, 4.69) is 10.6 Å². The minimum atomic E-state index is -1.09. The normalized spacial score (nSPS) is 11.4. The van der Waals surface area contributed by atoms with Gasteiger partial charge in [0.2, 0.25) is 5.91 Å². The Morgan fingerprint density at radius 1 is 0.952 bits per heavy atom. The number of hydrogen-bond donors (Lipinski definition) is 3. The Labute approximate surface area is 122 Å². The Bertz CT molecular complexity index is 599. The van der Waals surface area contributed by atoms with Crippen LogP contribution in [0.1, 0.15) is 11.6 Å². The summed E-state index contributed by atoms with van der Waals surface area (Å²) < 4.78 is 0. The van der Waals surface area contributed by atoms with Crippen molar-refractivity contribution in [3.8, 4) is 0 Å². The molecule has 1 atom stereocenters. The SMILES string of the molecule is O=C(CNc1ccccc1)N[C@H](C(=O)O)c1ccccc1. The predicted octanol–water partition coefficient (Wildman–Crippen LogP) is 2.04. The summed E-state index contributed by atoms with van der Waals surface area (Å²) in [5, 5.41) is 14.7. The third-order valence-corrected chi connectivity index (χ3v) is 2.91. The average Bonchev–Trinajstić information content (AvgIpc) is 2.52. The Kier molecular flexibility index (Phi) is 4.93. The standard InChI is InChI=1S/C16H16N2O3/c19-14(11-17-13-9-5-2-6-10-13)18-15(16(20)21)12-7-3-1-4-8-12/h1-10,15,17H,11H2,(H,18,19)(H,20,21)/t15-/m0/s1. The fraction of sp³-hybridized carbons (Fsp3) is 0.125. The highest BCUT2D eigenvalue weighted by molar-refractivity contribution is 5.86. The molecule has 1 amide bonds. The lowest BCUT2D eigenvalue weighted by atomic mass is 10.1. The molecule has 0 bridgehead atoms. The van der Waals surface area contributed by atoms with Crippen molar-refractivity contribution in [2.24, 2.45) is 0 Å². The number of rotatable bonds is 6. The van der Waals surface area contributed by atoms with Crippen molar-refractivity contribution in [3.63, 3.8) is 0 Å². The zero-order valence-corrected chi connectivity index (χ0v) is 11.3. The van der Waals surface area contributed by atoms with E-state index in [0.29, 0.717) is 5.56 Å². The molecule has 108 valence electrons. The van der Waals surface area contributed by atoms with Crippen molar-refractivity contribution in [1.82, 2.24) is 5.32 Å². The van der Waals surface area contributed by atoms with E-state index in [0.717, 1.165) is 5.69 Å². The fourth-order valence-corrected chi connectivity index (χ4v) is 1.88. The number of carboxylic acid groups (broad SMARTS) is 1. The number of aliphatic carboxylic acids is 1. The van der Waals surface area contributed by atoms with Crippen molar-refractivity contribution in [2.75, 3.05) is 11.9 Å². The van der Waals surface area contributed by atoms with E-state index < -0.39 is 12.0 Å². The first-order valence-electron chi connectivity index (χ1n) is 6.53. The molecule has 3 N–H and O–H groups in total. The molecule has 2 aromatic rings. The van der Waals surface area contributed by atoms with E-state index >= 15 is 0 Å². The van der Waals surface area contributed by atoms with Gasteiger partial charge in [0, 0.05) is 5.69 Å². The second-order valence-electron chi connectivity index (χ2n) is 4.47.